The lowest BCUT2D eigenvalue weighted by Gasteiger charge is -2.21. The van der Waals surface area contributed by atoms with E-state index in [1.165, 1.54) is 4.90 Å². The summed E-state index contributed by atoms with van der Waals surface area (Å²) in [4.78, 5) is 47.7. The first kappa shape index (κ1) is 35.1. The zero-order valence-electron chi connectivity index (χ0n) is 27.3. The number of nitrogens with zero attached hydrogens (tertiary/aromatic N) is 3. The molecule has 10 nitrogen and oxygen atoms in total. The van der Waals surface area contributed by atoms with Crippen LogP contribution in [0.5, 0.6) is 11.5 Å². The van der Waals surface area contributed by atoms with Crippen LogP contribution >= 0.6 is 23.2 Å². The number of pyridine rings is 2. The molecule has 5 rings (SSSR count). The minimum atomic E-state index is -0.369. The van der Waals surface area contributed by atoms with Crippen LogP contribution in [-0.2, 0) is 29.2 Å². The molecule has 0 aliphatic rings. The van der Waals surface area contributed by atoms with Crippen LogP contribution in [0.25, 0.3) is 10.9 Å². The summed E-state index contributed by atoms with van der Waals surface area (Å²) in [7, 11) is 3.14. The average molecular weight is 701 g/mol. The fraction of sp³-hybridized carbons (Fsp3) is 0.216. The van der Waals surface area contributed by atoms with Crippen LogP contribution in [0.3, 0.4) is 0 Å². The molecule has 2 N–H and O–H groups in total. The van der Waals surface area contributed by atoms with Crippen molar-refractivity contribution in [1.82, 2.24) is 20.6 Å². The van der Waals surface area contributed by atoms with Crippen molar-refractivity contribution >= 4 is 57.5 Å². The quantitative estimate of drug-likeness (QED) is 0.144. The van der Waals surface area contributed by atoms with Crippen LogP contribution in [0.1, 0.15) is 39.3 Å². The first-order valence-corrected chi connectivity index (χ1v) is 16.3. The van der Waals surface area contributed by atoms with Gasteiger partial charge >= 0.3 is 0 Å². The molecule has 0 atom stereocenters. The van der Waals surface area contributed by atoms with E-state index in [0.717, 1.165) is 22.3 Å². The molecule has 0 fully saturated rings. The minimum absolute atomic E-state index is 0.00717. The summed E-state index contributed by atoms with van der Waals surface area (Å²) in [6, 6.07) is 23.4. The summed E-state index contributed by atoms with van der Waals surface area (Å²) in [5, 5.41) is 6.63. The molecule has 2 heterocycles. The van der Waals surface area contributed by atoms with Gasteiger partial charge in [-0.1, -0.05) is 47.5 Å². The normalized spacial score (nSPS) is 10.8. The van der Waals surface area contributed by atoms with E-state index in [-0.39, 0.29) is 42.3 Å². The summed E-state index contributed by atoms with van der Waals surface area (Å²) in [6.45, 7) is 1.97. The standard InChI is InChI=1S/C37H35Cl2N5O5/c1-23-19-32(48-21-26-7-4-5-18-41-26)27-8-6-9-31(36(27)43-23)49-22-28-29(38)15-16-30(35(28)39)44(3)34(46)20-42-33(45)17-12-24-10-13-25(14-11-24)37(47)40-2/h4-11,13-16,18-19H,12,17,20-22H2,1-3H3,(H,40,47)(H,42,45). The number of hydrogen-bond donors (Lipinski definition) is 2. The molecule has 5 aromatic rings. The van der Waals surface area contributed by atoms with Gasteiger partial charge in [-0.3, -0.25) is 19.4 Å². The predicted molar refractivity (Wildman–Crippen MR) is 190 cm³/mol. The van der Waals surface area contributed by atoms with Crippen LogP contribution in [0.2, 0.25) is 10.0 Å². The number of amides is 3. The molecule has 0 unspecified atom stereocenters. The van der Waals surface area contributed by atoms with Gasteiger partial charge in [0.25, 0.3) is 5.91 Å². The van der Waals surface area contributed by atoms with Crippen molar-refractivity contribution in [2.45, 2.75) is 33.0 Å². The molecular weight excluding hydrogens is 665 g/mol. The molecule has 0 saturated heterocycles. The van der Waals surface area contributed by atoms with E-state index < -0.39 is 0 Å². The Morgan fingerprint density at radius 3 is 2.41 bits per heavy atom. The van der Waals surface area contributed by atoms with Crippen molar-refractivity contribution in [1.29, 1.82) is 0 Å². The lowest BCUT2D eigenvalue weighted by atomic mass is 10.1. The largest absolute Gasteiger partial charge is 0.487 e. The van der Waals surface area contributed by atoms with E-state index >= 15 is 0 Å². The predicted octanol–water partition coefficient (Wildman–Crippen LogP) is 6.47. The van der Waals surface area contributed by atoms with Crippen molar-refractivity contribution in [3.8, 4) is 11.5 Å². The first-order chi connectivity index (χ1) is 23.6. The van der Waals surface area contributed by atoms with E-state index in [4.69, 9.17) is 37.7 Å². The molecule has 3 aromatic carbocycles. The molecule has 49 heavy (non-hydrogen) atoms. The third-order valence-electron chi connectivity index (χ3n) is 7.79. The van der Waals surface area contributed by atoms with Crippen molar-refractivity contribution in [3.05, 3.63) is 123 Å². The number of rotatable bonds is 13. The highest BCUT2D eigenvalue weighted by Crippen LogP contribution is 2.36. The summed E-state index contributed by atoms with van der Waals surface area (Å²) < 4.78 is 12.3. The number of carbonyl (C=O) groups excluding carboxylic acids is 3. The van der Waals surface area contributed by atoms with E-state index in [9.17, 15) is 14.4 Å². The Hall–Kier alpha value is -5.19. The maximum Gasteiger partial charge on any atom is 0.251 e. The minimum Gasteiger partial charge on any atom is -0.487 e. The number of aryl methyl sites for hydroxylation is 2. The van der Waals surface area contributed by atoms with Gasteiger partial charge in [0.15, 0.2) is 0 Å². The van der Waals surface area contributed by atoms with Crippen LogP contribution in [0.4, 0.5) is 5.69 Å². The highest BCUT2D eigenvalue weighted by molar-refractivity contribution is 6.38. The molecular formula is C37H35Cl2N5O5. The average Bonchev–Trinajstić information content (AvgIpc) is 3.12. The Bertz CT molecular complexity index is 1970. The number of nitrogens with one attached hydrogen (secondary N) is 2. The molecule has 0 bridgehead atoms. The van der Waals surface area contributed by atoms with Gasteiger partial charge in [-0.2, -0.15) is 0 Å². The monoisotopic (exact) mass is 699 g/mol. The third kappa shape index (κ3) is 8.84. The number of likely N-dealkylation sites (N-methyl/N-ethyl adjacent to an activating group) is 1. The number of fused-ring (bicyclic) bond motifs is 1. The number of ether oxygens (including phenoxy) is 2. The Labute approximate surface area is 294 Å². The lowest BCUT2D eigenvalue weighted by molar-refractivity contribution is -0.124. The molecule has 0 aliphatic carbocycles. The van der Waals surface area contributed by atoms with Crippen LogP contribution in [0, 0.1) is 6.92 Å². The van der Waals surface area contributed by atoms with Crippen LogP contribution in [-0.4, -0.2) is 48.3 Å². The van der Waals surface area contributed by atoms with Gasteiger partial charge in [-0.05, 0) is 67.4 Å². The second kappa shape index (κ2) is 16.3. The summed E-state index contributed by atoms with van der Waals surface area (Å²) >= 11 is 13.3. The summed E-state index contributed by atoms with van der Waals surface area (Å²) in [6.07, 6.45) is 2.36. The fourth-order valence-corrected chi connectivity index (χ4v) is 5.66. The third-order valence-corrected chi connectivity index (χ3v) is 8.56. The van der Waals surface area contributed by atoms with Gasteiger partial charge < -0.3 is 25.0 Å². The highest BCUT2D eigenvalue weighted by Gasteiger charge is 2.20. The second-order valence-corrected chi connectivity index (χ2v) is 12.0. The van der Waals surface area contributed by atoms with Gasteiger partial charge in [-0.25, -0.2) is 4.98 Å². The van der Waals surface area contributed by atoms with Crippen molar-refractivity contribution in [2.24, 2.45) is 0 Å². The Balaban J connectivity index is 1.21. The second-order valence-electron chi connectivity index (χ2n) is 11.2. The first-order valence-electron chi connectivity index (χ1n) is 15.5. The van der Waals surface area contributed by atoms with Gasteiger partial charge in [0.2, 0.25) is 11.8 Å². The molecule has 0 aliphatic heterocycles. The van der Waals surface area contributed by atoms with Crippen LogP contribution < -0.4 is 25.0 Å². The highest BCUT2D eigenvalue weighted by atomic mass is 35.5. The van der Waals surface area contributed by atoms with E-state index in [1.54, 1.807) is 62.8 Å². The number of anilines is 1. The van der Waals surface area contributed by atoms with E-state index in [0.29, 0.717) is 51.9 Å². The van der Waals surface area contributed by atoms with E-state index in [2.05, 4.69) is 15.6 Å². The Kier molecular flexibility index (Phi) is 11.7. The molecule has 252 valence electrons. The molecule has 12 heteroatoms. The summed E-state index contributed by atoms with van der Waals surface area (Å²) in [5.74, 6) is 0.336. The van der Waals surface area contributed by atoms with Gasteiger partial charge in [0, 0.05) is 60.0 Å². The van der Waals surface area contributed by atoms with Crippen LogP contribution in [0.15, 0.2) is 85.1 Å². The number of benzene rings is 3. The maximum atomic E-state index is 13.1. The zero-order chi connectivity index (χ0) is 34.9. The molecule has 3 amide bonds. The molecule has 0 saturated carbocycles. The molecule has 2 aromatic heterocycles. The maximum absolute atomic E-state index is 13.1. The number of hydrogen-bond acceptors (Lipinski definition) is 7. The molecule has 0 spiro atoms. The van der Waals surface area contributed by atoms with E-state index in [1.807, 2.05) is 43.3 Å². The SMILES string of the molecule is CNC(=O)c1ccc(CCC(=O)NCC(=O)N(C)c2ccc(Cl)c(COc3cccc4c(OCc5ccccn5)cc(C)nc34)c2Cl)cc1. The fourth-order valence-electron chi connectivity index (χ4n) is 5.05. The Morgan fingerprint density at radius 2 is 1.67 bits per heavy atom. The van der Waals surface area contributed by atoms with Crippen molar-refractivity contribution < 1.29 is 23.9 Å². The topological polar surface area (TPSA) is 123 Å². The Morgan fingerprint density at radius 1 is 0.898 bits per heavy atom. The van der Waals surface area contributed by atoms with Gasteiger partial charge in [0.1, 0.15) is 30.2 Å². The number of halogens is 2. The van der Waals surface area contributed by atoms with Crippen molar-refractivity contribution in [3.63, 3.8) is 0 Å². The zero-order valence-corrected chi connectivity index (χ0v) is 28.8. The summed E-state index contributed by atoms with van der Waals surface area (Å²) in [5.41, 5.74) is 4.51. The smallest absolute Gasteiger partial charge is 0.251 e. The molecule has 0 radical (unpaired) electrons. The van der Waals surface area contributed by atoms with Crippen molar-refractivity contribution in [2.75, 3.05) is 25.5 Å². The number of carbonyl (C=O) groups is 3. The van der Waals surface area contributed by atoms with Gasteiger partial charge in [0.05, 0.1) is 22.9 Å². The lowest BCUT2D eigenvalue weighted by Crippen LogP contribution is -2.38. The number of aromatic nitrogens is 2. The number of para-hydroxylation sites is 1. The van der Waals surface area contributed by atoms with Gasteiger partial charge in [-0.15, -0.1) is 0 Å².